The number of aliphatic hydroxyl groups excluding tert-OH is 4. The van der Waals surface area contributed by atoms with E-state index in [1.54, 1.807) is 0 Å². The Morgan fingerprint density at radius 2 is 1.29 bits per heavy atom. The molecule has 4 aliphatic heterocycles. The Hall–Kier alpha value is -6.22. The lowest BCUT2D eigenvalue weighted by Gasteiger charge is -2.46. The molecule has 0 aliphatic carbocycles. The van der Waals surface area contributed by atoms with Crippen LogP contribution in [0.1, 0.15) is 24.0 Å². The third kappa shape index (κ3) is 12.6. The largest absolute Gasteiger partial charge is 0.445 e. The Balaban J connectivity index is 1.27. The fraction of sp³-hybridized carbons (Fsp3) is 0.658. The van der Waals surface area contributed by atoms with E-state index >= 15 is 0 Å². The highest BCUT2D eigenvalue weighted by Crippen LogP contribution is 2.38. The Kier molecular flexibility index (Phi) is 19.0. The smallest absolute Gasteiger partial charge is 0.410 e. The first-order valence-electron chi connectivity index (χ1n) is 21.0. The lowest BCUT2D eigenvalue weighted by atomic mass is 9.97. The predicted molar refractivity (Wildman–Crippen MR) is 226 cm³/mol. The monoisotopic (exact) mass is 952 g/mol. The zero-order valence-corrected chi connectivity index (χ0v) is 36.1. The minimum atomic E-state index is -1.87. The first-order chi connectivity index (χ1) is 33.1. The summed E-state index contributed by atoms with van der Waals surface area (Å²) in [4.78, 5) is 29.0. The predicted octanol–water partition coefficient (Wildman–Crippen LogP) is 4.00. The molecule has 6 rings (SSSR count). The second kappa shape index (κ2) is 25.2. The number of carbonyl (C=O) groups excluding carboxylic acids is 1. The van der Waals surface area contributed by atoms with Crippen molar-refractivity contribution in [3.05, 3.63) is 124 Å². The van der Waals surface area contributed by atoms with E-state index in [9.17, 15) is 47.3 Å². The van der Waals surface area contributed by atoms with E-state index in [2.05, 4.69) is 50.1 Å². The summed E-state index contributed by atoms with van der Waals surface area (Å²) in [6, 6.07) is 15.6. The molecule has 0 saturated carbocycles. The molecule has 4 fully saturated rings. The van der Waals surface area contributed by atoms with Crippen LogP contribution < -0.4 is 0 Å². The van der Waals surface area contributed by atoms with Crippen LogP contribution in [0.3, 0.4) is 0 Å². The molecule has 1 amide bonds. The quantitative estimate of drug-likeness (QED) is 0.0828. The summed E-state index contributed by atoms with van der Waals surface area (Å²) < 4.78 is 53.9. The number of benzene rings is 2. The zero-order valence-electron chi connectivity index (χ0n) is 36.1. The first-order valence-corrected chi connectivity index (χ1v) is 21.0. The highest BCUT2D eigenvalue weighted by atomic mass is 16.8. The number of amides is 1. The van der Waals surface area contributed by atoms with Gasteiger partial charge in [-0.1, -0.05) is 86.2 Å². The van der Waals surface area contributed by atoms with Crippen molar-refractivity contribution < 1.29 is 67.9 Å². The Labute approximate surface area is 385 Å². The van der Waals surface area contributed by atoms with Crippen LogP contribution in [0.15, 0.2) is 86.2 Å². The van der Waals surface area contributed by atoms with Gasteiger partial charge < -0.3 is 68.0 Å². The van der Waals surface area contributed by atoms with Crippen LogP contribution in [0.25, 0.3) is 52.2 Å². The van der Waals surface area contributed by atoms with Crippen LogP contribution >= 0.6 is 0 Å². The number of ether oxygens (including phenoxy) is 9. The van der Waals surface area contributed by atoms with Crippen molar-refractivity contribution in [3.63, 3.8) is 0 Å². The molecule has 4 aliphatic rings. The average molecular weight is 953 g/mol. The van der Waals surface area contributed by atoms with Gasteiger partial charge in [0, 0.05) is 38.2 Å². The Morgan fingerprint density at radius 1 is 0.676 bits per heavy atom. The van der Waals surface area contributed by atoms with Gasteiger partial charge in [-0.2, -0.15) is 0 Å². The van der Waals surface area contributed by atoms with Crippen molar-refractivity contribution in [1.29, 1.82) is 0 Å². The second-order valence-corrected chi connectivity index (χ2v) is 15.6. The number of methoxy groups -OCH3 is 1. The summed E-state index contributed by atoms with van der Waals surface area (Å²) in [5, 5.41) is 61.5. The van der Waals surface area contributed by atoms with Crippen LogP contribution in [-0.4, -0.2) is 163 Å². The maximum absolute atomic E-state index is 13.7. The number of hydrogen-bond acceptors (Lipinski definition) is 19. The van der Waals surface area contributed by atoms with Crippen LogP contribution in [0.4, 0.5) is 4.79 Å². The number of nitrogens with zero attached hydrogens (tertiary/aromatic N) is 16. The lowest BCUT2D eigenvalue weighted by molar-refractivity contribution is -0.326. The SMILES string of the molecule is CO[C@@H]1[C@@H](O[C@@H]2O[C@H](CO)[C@@H](O[C@H]3O[C@@H](CN=[N+]=[N-])[C@@H](O)[C@H](O)[C@H]3N=[N+]=[N-])[C@H]2O)[C@H](O[C@H]2O[C@H](CN(Cc3ccccc3)C(=O)OCc3ccccc3)CC[C@H]2N=[N+]=[N-])[C@@H](N=[N+]=[N-])O[C@H]1N=[N+]=[N-]. The van der Waals surface area contributed by atoms with Crippen LogP contribution in [0.2, 0.25) is 0 Å². The van der Waals surface area contributed by atoms with E-state index in [4.69, 9.17) is 48.2 Å². The van der Waals surface area contributed by atoms with Gasteiger partial charge in [-0.15, -0.1) is 0 Å². The maximum Gasteiger partial charge on any atom is 0.410 e. The van der Waals surface area contributed by atoms with E-state index in [-0.39, 0.29) is 32.5 Å². The molecular weight excluding hydrogens is 905 g/mol. The normalized spacial score (nSPS) is 34.3. The molecule has 4 N–H and O–H groups in total. The molecule has 2 aromatic rings. The number of carbonyl (C=O) groups is 1. The summed E-state index contributed by atoms with van der Waals surface area (Å²) in [5.74, 6) is 0. The van der Waals surface area contributed by atoms with E-state index in [0.29, 0.717) is 0 Å². The molecule has 0 spiro atoms. The summed E-state index contributed by atoms with van der Waals surface area (Å²) in [6.07, 6.45) is -23.7. The first kappa shape index (κ1) is 51.2. The molecule has 0 unspecified atom stereocenters. The molecule has 17 atom stereocenters. The molecule has 0 radical (unpaired) electrons. The molecule has 4 heterocycles. The molecular formula is C38H48N16O14. The van der Waals surface area contributed by atoms with Gasteiger partial charge in [0.2, 0.25) is 0 Å². The molecule has 2 aromatic carbocycles. The Bertz CT molecular complexity index is 2210. The molecule has 0 bridgehead atoms. The maximum atomic E-state index is 13.7. The molecule has 30 heteroatoms. The number of azide groups is 5. The van der Waals surface area contributed by atoms with Crippen molar-refractivity contribution >= 4 is 6.09 Å². The minimum Gasteiger partial charge on any atom is -0.445 e. The van der Waals surface area contributed by atoms with Crippen LogP contribution in [0, 0.1) is 0 Å². The second-order valence-electron chi connectivity index (χ2n) is 15.6. The summed E-state index contributed by atoms with van der Waals surface area (Å²) >= 11 is 0. The standard InChI is InChI=1S/C38H48N16O14/c1-60-31-30(66-37-28(58)29(24(17-55)64-37)65-36-25(46-51-41)27(57)26(56)23(63-36)14-44-49-39)32(34(48-53-43)68-33(31)47-52-42)67-35-22(45-50-40)13-12-21(62-35)16-54(15-19-8-4-2-5-9-19)38(59)61-18-20-10-6-3-7-11-20/h2-11,21-37,55-58H,12-18H2,1H3/t21-,22+,23-,24+,25+,26+,27+,28+,29+,30+,31+,32-,33+,34-,35+,36+,37-/m0/s1. The van der Waals surface area contributed by atoms with Crippen molar-refractivity contribution in [1.82, 2.24) is 4.90 Å². The summed E-state index contributed by atoms with van der Waals surface area (Å²) in [6.45, 7) is -1.24. The molecule has 364 valence electrons. The van der Waals surface area contributed by atoms with Gasteiger partial charge in [0.1, 0.15) is 55.4 Å². The van der Waals surface area contributed by atoms with Gasteiger partial charge in [-0.3, -0.25) is 0 Å². The number of aliphatic hydroxyl groups is 4. The zero-order chi connectivity index (χ0) is 48.6. The molecule has 0 aromatic heterocycles. The topological polar surface area (TPSA) is 428 Å². The summed E-state index contributed by atoms with van der Waals surface area (Å²) in [5.41, 5.74) is 48.3. The van der Waals surface area contributed by atoms with Gasteiger partial charge in [0.15, 0.2) is 31.3 Å². The average Bonchev–Trinajstić information content (AvgIpc) is 3.64. The van der Waals surface area contributed by atoms with Crippen LogP contribution in [-0.2, 0) is 55.8 Å². The van der Waals surface area contributed by atoms with Crippen molar-refractivity contribution in [3.8, 4) is 0 Å². The highest BCUT2D eigenvalue weighted by molar-refractivity contribution is 5.67. The van der Waals surface area contributed by atoms with Crippen molar-refractivity contribution in [2.75, 3.05) is 26.8 Å². The molecule has 30 nitrogen and oxygen atoms in total. The van der Waals surface area contributed by atoms with Crippen LogP contribution in [0.5, 0.6) is 0 Å². The number of hydrogen-bond donors (Lipinski definition) is 4. The van der Waals surface area contributed by atoms with Gasteiger partial charge >= 0.3 is 6.09 Å². The molecule has 4 saturated heterocycles. The third-order valence-corrected chi connectivity index (χ3v) is 11.3. The van der Waals surface area contributed by atoms with Gasteiger partial charge in [-0.05, 0) is 51.6 Å². The van der Waals surface area contributed by atoms with E-state index in [0.717, 1.165) is 11.1 Å². The number of rotatable bonds is 20. The third-order valence-electron chi connectivity index (χ3n) is 11.3. The van der Waals surface area contributed by atoms with Gasteiger partial charge in [0.25, 0.3) is 0 Å². The Morgan fingerprint density at radius 3 is 1.93 bits per heavy atom. The molecule has 68 heavy (non-hydrogen) atoms. The fourth-order valence-corrected chi connectivity index (χ4v) is 8.06. The minimum absolute atomic E-state index is 0.00882. The van der Waals surface area contributed by atoms with Gasteiger partial charge in [-0.25, -0.2) is 4.79 Å². The lowest BCUT2D eigenvalue weighted by Crippen LogP contribution is -2.62. The fourth-order valence-electron chi connectivity index (χ4n) is 8.06. The summed E-state index contributed by atoms with van der Waals surface area (Å²) in [7, 11) is 1.19. The van der Waals surface area contributed by atoms with Crippen molar-refractivity contribution in [2.45, 2.75) is 130 Å². The van der Waals surface area contributed by atoms with E-state index in [1.165, 1.54) is 12.0 Å². The highest BCUT2D eigenvalue weighted by Gasteiger charge is 2.55. The van der Waals surface area contributed by atoms with E-state index in [1.807, 2.05) is 60.7 Å². The van der Waals surface area contributed by atoms with E-state index < -0.39 is 124 Å². The van der Waals surface area contributed by atoms with Crippen molar-refractivity contribution in [2.24, 2.45) is 25.6 Å². The van der Waals surface area contributed by atoms with Gasteiger partial charge in [0.05, 0.1) is 44.1 Å².